The van der Waals surface area contributed by atoms with Crippen molar-refractivity contribution >= 4 is 34.1 Å². The van der Waals surface area contributed by atoms with Crippen LogP contribution in [0.5, 0.6) is 17.2 Å². The van der Waals surface area contributed by atoms with Crippen molar-refractivity contribution < 1.29 is 29.6 Å². The lowest BCUT2D eigenvalue weighted by Crippen LogP contribution is -2.49. The molecule has 1 fully saturated rings. The predicted octanol–water partition coefficient (Wildman–Crippen LogP) is 4.60. The monoisotopic (exact) mass is 711 g/mol. The van der Waals surface area contributed by atoms with Crippen molar-refractivity contribution in [1.29, 1.82) is 0 Å². The number of carbonyl (C=O) groups is 2. The third-order valence-corrected chi connectivity index (χ3v) is 9.67. The molecule has 2 aliphatic heterocycles. The number of aromatic nitrogens is 6. The third kappa shape index (κ3) is 6.61. The molecule has 52 heavy (non-hydrogen) atoms. The average Bonchev–Trinajstić information content (AvgIpc) is 3.88. The molecular weight excluding hydrogens is 669 g/mol. The van der Waals surface area contributed by atoms with Gasteiger partial charge in [-0.15, -0.1) is 5.10 Å². The predicted molar refractivity (Wildman–Crippen MR) is 194 cm³/mol. The number of halogens is 1. The number of ether oxygens (including phenoxy) is 3. The molecule has 272 valence electrons. The van der Waals surface area contributed by atoms with Gasteiger partial charge in [0, 0.05) is 88.3 Å². The molecule has 1 N–H and O–H groups in total. The average molecular weight is 712 g/mol. The Morgan fingerprint density at radius 2 is 1.71 bits per heavy atom. The van der Waals surface area contributed by atoms with Gasteiger partial charge in [0.05, 0.1) is 45.3 Å². The van der Waals surface area contributed by atoms with E-state index in [9.17, 15) is 9.59 Å². The first-order valence-electron chi connectivity index (χ1n) is 17.1. The maximum Gasteiger partial charge on any atom is 0.270 e. The molecule has 2 amide bonds. The van der Waals surface area contributed by atoms with Gasteiger partial charge in [0.1, 0.15) is 17.2 Å². The van der Waals surface area contributed by atoms with Crippen LogP contribution in [0.2, 0.25) is 0 Å². The van der Waals surface area contributed by atoms with Crippen LogP contribution in [0, 0.1) is 12.7 Å². The van der Waals surface area contributed by atoms with Crippen molar-refractivity contribution in [3.63, 3.8) is 0 Å². The highest BCUT2D eigenvalue weighted by Crippen LogP contribution is 2.40. The first-order valence-corrected chi connectivity index (χ1v) is 17.1. The Hall–Kier alpha value is -5.99. The minimum Gasteiger partial charge on any atom is -0.496 e. The van der Waals surface area contributed by atoms with Gasteiger partial charge in [-0.2, -0.15) is 0 Å². The summed E-state index contributed by atoms with van der Waals surface area (Å²) in [5.41, 5.74) is 3.52. The van der Waals surface area contributed by atoms with Gasteiger partial charge in [-0.1, -0.05) is 11.3 Å². The van der Waals surface area contributed by atoms with Gasteiger partial charge in [0.25, 0.3) is 5.91 Å². The Bertz CT molecular complexity index is 2150. The highest BCUT2D eigenvalue weighted by molar-refractivity contribution is 6.05. The lowest BCUT2D eigenvalue weighted by Gasteiger charge is -2.36. The molecule has 14 nitrogen and oxygen atoms in total. The molecule has 0 unspecified atom stereocenters. The van der Waals surface area contributed by atoms with Gasteiger partial charge in [-0.3, -0.25) is 19.3 Å². The fourth-order valence-corrected chi connectivity index (χ4v) is 6.90. The summed E-state index contributed by atoms with van der Waals surface area (Å²) in [5.74, 6) is 1.68. The van der Waals surface area contributed by atoms with Gasteiger partial charge in [0.15, 0.2) is 17.4 Å². The number of hydrogen-bond donors (Lipinski definition) is 1. The van der Waals surface area contributed by atoms with E-state index in [1.807, 2.05) is 19.1 Å². The molecule has 0 spiro atoms. The summed E-state index contributed by atoms with van der Waals surface area (Å²) < 4.78 is 35.0. The standard InChI is InChI=1S/C37H40FN9O5.H2/c1-23-31(51-3)20-32(52-4)36(41-23)44-14-16-45(17-15-44)37(49)29-19-27-26(28-21-39-9-7-30(28)50-2)18-25(34(38)35(27)42-29)24-6-5-11-46(22-24)33(48)8-12-47-13-10-40-43-47;/h6-7,9-10,13,18-21,42H,5,8,11-12,14-17,22H2,1-4H3;1H. The number of pyridine rings is 2. The van der Waals surface area contributed by atoms with E-state index in [4.69, 9.17) is 19.2 Å². The highest BCUT2D eigenvalue weighted by Gasteiger charge is 2.29. The Labute approximate surface area is 301 Å². The van der Waals surface area contributed by atoms with Crippen LogP contribution in [0.3, 0.4) is 0 Å². The topological polar surface area (TPSA) is 144 Å². The number of aromatic amines is 1. The number of piperazine rings is 1. The molecule has 4 aromatic heterocycles. The number of benzene rings is 1. The largest absolute Gasteiger partial charge is 0.496 e. The minimum atomic E-state index is -0.498. The van der Waals surface area contributed by atoms with E-state index in [0.29, 0.717) is 96.4 Å². The lowest BCUT2D eigenvalue weighted by molar-refractivity contribution is -0.131. The SMILES string of the molecule is COc1ccncc1-c1cc(C2=CCCN(C(=O)CCn3ccnn3)C2)c(F)c2[nH]c(C(=O)N3CCN(c4nc(C)c(OC)cc4OC)CC3)cc12.[HH]. The van der Waals surface area contributed by atoms with Gasteiger partial charge in [0.2, 0.25) is 5.91 Å². The quantitative estimate of drug-likeness (QED) is 0.218. The smallest absolute Gasteiger partial charge is 0.270 e. The first kappa shape index (κ1) is 34.5. The molecular formula is C37H42FN9O5. The molecule has 1 saturated heterocycles. The molecule has 0 bridgehead atoms. The first-order chi connectivity index (χ1) is 25.3. The van der Waals surface area contributed by atoms with E-state index in [-0.39, 0.29) is 37.4 Å². The van der Waals surface area contributed by atoms with E-state index in [1.165, 1.54) is 0 Å². The minimum absolute atomic E-state index is 0. The third-order valence-electron chi connectivity index (χ3n) is 9.67. The van der Waals surface area contributed by atoms with Crippen LogP contribution in [0.1, 0.15) is 36.0 Å². The molecule has 15 heteroatoms. The molecule has 7 rings (SSSR count). The maximum atomic E-state index is 16.7. The lowest BCUT2D eigenvalue weighted by atomic mass is 9.93. The number of nitrogens with one attached hydrogen (secondary N) is 1. The molecule has 0 radical (unpaired) electrons. The Morgan fingerprint density at radius 1 is 0.923 bits per heavy atom. The van der Waals surface area contributed by atoms with Crippen molar-refractivity contribution in [3.8, 4) is 28.4 Å². The van der Waals surface area contributed by atoms with E-state index in [1.54, 1.807) is 78.8 Å². The van der Waals surface area contributed by atoms with Crippen LogP contribution in [-0.4, -0.2) is 112 Å². The number of H-pyrrole nitrogens is 1. The molecule has 6 heterocycles. The molecule has 5 aromatic rings. The zero-order chi connectivity index (χ0) is 36.4. The van der Waals surface area contributed by atoms with Gasteiger partial charge in [-0.05, 0) is 42.7 Å². The summed E-state index contributed by atoms with van der Waals surface area (Å²) in [6.45, 7) is 4.96. The Balaban J connectivity index is 0.00000481. The fourth-order valence-electron chi connectivity index (χ4n) is 6.90. The number of rotatable bonds is 10. The number of aryl methyl sites for hydroxylation is 2. The molecule has 1 aromatic carbocycles. The summed E-state index contributed by atoms with van der Waals surface area (Å²) in [6.07, 6.45) is 9.36. The molecule has 0 saturated carbocycles. The maximum absolute atomic E-state index is 16.7. The summed E-state index contributed by atoms with van der Waals surface area (Å²) in [6, 6.07) is 7.03. The van der Waals surface area contributed by atoms with Crippen LogP contribution >= 0.6 is 0 Å². The molecule has 2 aliphatic rings. The number of hydrogen-bond acceptors (Lipinski definition) is 10. The van der Waals surface area contributed by atoms with Crippen molar-refractivity contribution in [2.24, 2.45) is 0 Å². The summed E-state index contributed by atoms with van der Waals surface area (Å²) in [7, 11) is 4.75. The number of fused-ring (bicyclic) bond motifs is 1. The molecule has 0 aliphatic carbocycles. The zero-order valence-corrected chi connectivity index (χ0v) is 29.6. The van der Waals surface area contributed by atoms with E-state index < -0.39 is 5.82 Å². The van der Waals surface area contributed by atoms with Crippen LogP contribution in [-0.2, 0) is 11.3 Å². The van der Waals surface area contributed by atoms with E-state index in [0.717, 1.165) is 5.69 Å². The van der Waals surface area contributed by atoms with E-state index in [2.05, 4.69) is 25.2 Å². The normalized spacial score (nSPS) is 14.8. The second kappa shape index (κ2) is 14.7. The highest BCUT2D eigenvalue weighted by atomic mass is 19.1. The second-order valence-electron chi connectivity index (χ2n) is 12.7. The van der Waals surface area contributed by atoms with E-state index >= 15 is 4.39 Å². The summed E-state index contributed by atoms with van der Waals surface area (Å²) in [5, 5.41) is 8.26. The number of amides is 2. The fraction of sp³-hybridized carbons (Fsp3) is 0.351. The van der Waals surface area contributed by atoms with Gasteiger partial charge < -0.3 is 33.9 Å². The second-order valence-corrected chi connectivity index (χ2v) is 12.7. The van der Waals surface area contributed by atoms with Gasteiger partial charge in [-0.25, -0.2) is 9.37 Å². The van der Waals surface area contributed by atoms with Crippen LogP contribution < -0.4 is 19.1 Å². The number of anilines is 1. The van der Waals surface area contributed by atoms with Crippen molar-refractivity contribution in [1.82, 2.24) is 39.7 Å². The summed E-state index contributed by atoms with van der Waals surface area (Å²) >= 11 is 0. The number of carbonyl (C=O) groups excluding carboxylic acids is 2. The van der Waals surface area contributed by atoms with Crippen molar-refractivity contribution in [2.45, 2.75) is 26.3 Å². The van der Waals surface area contributed by atoms with Crippen LogP contribution in [0.15, 0.2) is 55.1 Å². The van der Waals surface area contributed by atoms with Crippen LogP contribution in [0.25, 0.3) is 27.6 Å². The Kier molecular flexibility index (Phi) is 9.74. The number of methoxy groups -OCH3 is 3. The molecule has 0 atom stereocenters. The van der Waals surface area contributed by atoms with Crippen molar-refractivity contribution in [2.75, 3.05) is 65.5 Å². The Morgan fingerprint density at radius 3 is 2.44 bits per heavy atom. The zero-order valence-electron chi connectivity index (χ0n) is 29.6. The summed E-state index contributed by atoms with van der Waals surface area (Å²) in [4.78, 5) is 44.9. The van der Waals surface area contributed by atoms with Crippen molar-refractivity contribution in [3.05, 3.63) is 77.9 Å². The van der Waals surface area contributed by atoms with Crippen LogP contribution in [0.4, 0.5) is 10.2 Å². The van der Waals surface area contributed by atoms with Gasteiger partial charge >= 0.3 is 0 Å². The number of nitrogens with zero attached hydrogens (tertiary/aromatic N) is 8.